The molecule has 0 saturated carbocycles. The molecule has 0 saturated heterocycles. The molecule has 0 aliphatic carbocycles. The van der Waals surface area contributed by atoms with Gasteiger partial charge in [-0.15, -0.1) is 0 Å². The van der Waals surface area contributed by atoms with Crippen LogP contribution in [0.2, 0.25) is 0 Å². The van der Waals surface area contributed by atoms with Crippen LogP contribution < -0.4 is 5.32 Å². The van der Waals surface area contributed by atoms with Crippen LogP contribution in [0.4, 0.5) is 5.82 Å². The zero-order valence-electron chi connectivity index (χ0n) is 17.3. The van der Waals surface area contributed by atoms with Crippen molar-refractivity contribution in [2.45, 2.75) is 39.7 Å². The average molecular weight is 393 g/mol. The van der Waals surface area contributed by atoms with Crippen LogP contribution in [0.1, 0.15) is 46.8 Å². The minimum Gasteiger partial charge on any atom is -0.342 e. The van der Waals surface area contributed by atoms with Gasteiger partial charge in [0.15, 0.2) is 0 Å². The second kappa shape index (κ2) is 9.37. The first-order valence-electron chi connectivity index (χ1n) is 9.99. The van der Waals surface area contributed by atoms with Gasteiger partial charge >= 0.3 is 0 Å². The number of allylic oxidation sites excluding steroid dienone is 3. The van der Waals surface area contributed by atoms with E-state index in [1.165, 1.54) is 0 Å². The van der Waals surface area contributed by atoms with E-state index < -0.39 is 0 Å². The van der Waals surface area contributed by atoms with Gasteiger partial charge in [-0.1, -0.05) is 25.1 Å². The molecule has 3 rings (SSSR count). The molecule has 1 amide bonds. The van der Waals surface area contributed by atoms with E-state index in [-0.39, 0.29) is 5.91 Å². The topological polar surface area (TPSA) is 67.2 Å². The molecule has 2 aromatic rings. The highest BCUT2D eigenvalue weighted by atomic mass is 16.2. The number of aromatic nitrogens is 2. The highest BCUT2D eigenvalue weighted by Crippen LogP contribution is 2.25. The number of rotatable bonds is 6. The van der Waals surface area contributed by atoms with Gasteiger partial charge in [0, 0.05) is 30.3 Å². The van der Waals surface area contributed by atoms with Gasteiger partial charge in [-0.05, 0) is 49.1 Å². The van der Waals surface area contributed by atoms with E-state index in [0.717, 1.165) is 40.9 Å². The Balaban J connectivity index is 1.88. The van der Waals surface area contributed by atoms with E-state index in [4.69, 9.17) is 0 Å². The molecule has 1 aromatic heterocycles. The Morgan fingerprint density at radius 3 is 2.86 bits per heavy atom. The van der Waals surface area contributed by atoms with Crippen LogP contribution in [-0.4, -0.2) is 33.4 Å². The Morgan fingerprint density at radius 1 is 1.31 bits per heavy atom. The molecule has 6 nitrogen and oxygen atoms in total. The third kappa shape index (κ3) is 4.83. The van der Waals surface area contributed by atoms with Gasteiger partial charge in [0.2, 0.25) is 0 Å². The van der Waals surface area contributed by atoms with Crippen LogP contribution in [0.3, 0.4) is 0 Å². The summed E-state index contributed by atoms with van der Waals surface area (Å²) in [5, 5.41) is 7.76. The first-order chi connectivity index (χ1) is 14.0. The van der Waals surface area contributed by atoms with E-state index in [2.05, 4.69) is 23.4 Å². The van der Waals surface area contributed by atoms with Crippen molar-refractivity contribution in [3.05, 3.63) is 70.6 Å². The number of hydrogen-bond donors (Lipinski definition) is 1. The lowest BCUT2D eigenvalue weighted by atomic mass is 10.0. The summed E-state index contributed by atoms with van der Waals surface area (Å²) in [6, 6.07) is 5.74. The van der Waals surface area contributed by atoms with Crippen LogP contribution in [0.15, 0.2) is 48.3 Å². The number of carbonyl (C=O) groups is 2. The number of anilines is 1. The molecule has 2 heterocycles. The lowest BCUT2D eigenvalue weighted by Gasteiger charge is -2.21. The molecule has 0 radical (unpaired) electrons. The molecule has 152 valence electrons. The van der Waals surface area contributed by atoms with Crippen molar-refractivity contribution in [1.82, 2.24) is 14.7 Å². The monoisotopic (exact) mass is 392 g/mol. The minimum atomic E-state index is -0.0149. The predicted molar refractivity (Wildman–Crippen MR) is 115 cm³/mol. The molecule has 1 aromatic carbocycles. The third-order valence-corrected chi connectivity index (χ3v) is 5.09. The summed E-state index contributed by atoms with van der Waals surface area (Å²) in [7, 11) is 1.89. The zero-order chi connectivity index (χ0) is 20.8. The predicted octanol–water partition coefficient (Wildman–Crippen LogP) is 3.78. The van der Waals surface area contributed by atoms with Crippen LogP contribution >= 0.6 is 0 Å². The largest absolute Gasteiger partial charge is 0.342 e. The van der Waals surface area contributed by atoms with Gasteiger partial charge in [-0.25, -0.2) is 0 Å². The maximum Gasteiger partial charge on any atom is 0.254 e. The Labute approximate surface area is 171 Å². The Hall–Kier alpha value is -3.15. The summed E-state index contributed by atoms with van der Waals surface area (Å²) in [5.74, 6) is 0.899. The molecule has 29 heavy (non-hydrogen) atoms. The number of nitrogens with one attached hydrogen (secondary N) is 1. The van der Waals surface area contributed by atoms with Crippen molar-refractivity contribution in [1.29, 1.82) is 0 Å². The SMILES string of the molecule is CC/C=C\C=C1/CN(C(=O)c2ccc(CCC=O)c(C)c2)Cc2cnn(C)c2N1. The van der Waals surface area contributed by atoms with Crippen LogP contribution in [0.25, 0.3) is 0 Å². The van der Waals surface area contributed by atoms with Crippen LogP contribution in [-0.2, 0) is 24.8 Å². The summed E-state index contributed by atoms with van der Waals surface area (Å²) >= 11 is 0. The lowest BCUT2D eigenvalue weighted by Crippen LogP contribution is -2.32. The van der Waals surface area contributed by atoms with E-state index in [1.807, 2.05) is 49.2 Å². The summed E-state index contributed by atoms with van der Waals surface area (Å²) in [6.07, 6.45) is 11.0. The summed E-state index contributed by atoms with van der Waals surface area (Å²) in [5.41, 5.74) is 4.74. The highest BCUT2D eigenvalue weighted by Gasteiger charge is 2.24. The average Bonchev–Trinajstić information content (AvgIpc) is 2.94. The third-order valence-electron chi connectivity index (χ3n) is 5.09. The quantitative estimate of drug-likeness (QED) is 0.760. The molecule has 1 aliphatic rings. The number of benzene rings is 1. The number of fused-ring (bicyclic) bond motifs is 1. The van der Waals surface area contributed by atoms with Gasteiger partial charge in [0.25, 0.3) is 5.91 Å². The van der Waals surface area contributed by atoms with Crippen LogP contribution in [0, 0.1) is 6.92 Å². The van der Waals surface area contributed by atoms with Crippen molar-refractivity contribution in [3.8, 4) is 0 Å². The molecule has 1 aliphatic heterocycles. The summed E-state index contributed by atoms with van der Waals surface area (Å²) in [4.78, 5) is 25.8. The first kappa shape index (κ1) is 20.6. The van der Waals surface area contributed by atoms with E-state index in [1.54, 1.807) is 10.9 Å². The summed E-state index contributed by atoms with van der Waals surface area (Å²) in [6.45, 7) is 5.07. The van der Waals surface area contributed by atoms with Gasteiger partial charge < -0.3 is 15.0 Å². The van der Waals surface area contributed by atoms with E-state index >= 15 is 0 Å². The lowest BCUT2D eigenvalue weighted by molar-refractivity contribution is -0.107. The maximum absolute atomic E-state index is 13.3. The Kier molecular flexibility index (Phi) is 6.65. The zero-order valence-corrected chi connectivity index (χ0v) is 17.3. The molecule has 0 bridgehead atoms. The van der Waals surface area contributed by atoms with Crippen molar-refractivity contribution in [2.24, 2.45) is 7.05 Å². The maximum atomic E-state index is 13.3. The van der Waals surface area contributed by atoms with Crippen LogP contribution in [0.5, 0.6) is 0 Å². The molecule has 0 atom stereocenters. The molecule has 1 N–H and O–H groups in total. The number of amides is 1. The fourth-order valence-electron chi connectivity index (χ4n) is 3.48. The first-order valence-corrected chi connectivity index (χ1v) is 9.99. The van der Waals surface area contributed by atoms with Gasteiger partial charge in [0.05, 0.1) is 19.3 Å². The Bertz CT molecular complexity index is 956. The fraction of sp³-hybridized carbons (Fsp3) is 0.348. The second-order valence-corrected chi connectivity index (χ2v) is 7.30. The number of aldehydes is 1. The smallest absolute Gasteiger partial charge is 0.254 e. The number of hydrogen-bond acceptors (Lipinski definition) is 4. The Morgan fingerprint density at radius 2 is 2.14 bits per heavy atom. The molecule has 0 unspecified atom stereocenters. The molecule has 0 fully saturated rings. The molecule has 0 spiro atoms. The standard InChI is InChI=1S/C23H28N4O2/c1-4-5-6-9-21-16-27(15-20-14-24-26(3)22(20)25-21)23(29)19-11-10-18(8-7-12-28)17(2)13-19/h5-6,9-14,25H,4,7-8,15-16H2,1-3H3/b6-5-,21-9+. The van der Waals surface area contributed by atoms with Crippen molar-refractivity contribution >= 4 is 18.0 Å². The van der Waals surface area contributed by atoms with Crippen molar-refractivity contribution < 1.29 is 9.59 Å². The molecule has 6 heteroatoms. The van der Waals surface area contributed by atoms with Gasteiger partial charge in [-0.3, -0.25) is 9.48 Å². The summed E-state index contributed by atoms with van der Waals surface area (Å²) < 4.78 is 1.80. The number of carbonyl (C=O) groups excluding carboxylic acids is 2. The second-order valence-electron chi connectivity index (χ2n) is 7.30. The highest BCUT2D eigenvalue weighted by molar-refractivity contribution is 5.95. The van der Waals surface area contributed by atoms with Gasteiger partial charge in [0.1, 0.15) is 12.1 Å². The normalized spacial score (nSPS) is 15.3. The van der Waals surface area contributed by atoms with Crippen molar-refractivity contribution in [3.63, 3.8) is 0 Å². The van der Waals surface area contributed by atoms with E-state index in [9.17, 15) is 9.59 Å². The minimum absolute atomic E-state index is 0.0149. The van der Waals surface area contributed by atoms with E-state index in [0.29, 0.717) is 31.5 Å². The number of aryl methyl sites for hydroxylation is 3. The number of nitrogens with zero attached hydrogens (tertiary/aromatic N) is 3. The molecular formula is C23H28N4O2. The molecular weight excluding hydrogens is 364 g/mol. The van der Waals surface area contributed by atoms with Gasteiger partial charge in [-0.2, -0.15) is 5.10 Å². The van der Waals surface area contributed by atoms with Crippen molar-refractivity contribution in [2.75, 3.05) is 11.9 Å². The fourth-order valence-corrected chi connectivity index (χ4v) is 3.48.